The van der Waals surface area contributed by atoms with Gasteiger partial charge in [0.05, 0.1) is 35.3 Å². The van der Waals surface area contributed by atoms with Gasteiger partial charge < -0.3 is 14.8 Å². The molecule has 0 fully saturated rings. The predicted molar refractivity (Wildman–Crippen MR) is 147 cm³/mol. The smallest absolute Gasteiger partial charge is 0.337 e. The van der Waals surface area contributed by atoms with Gasteiger partial charge in [-0.15, -0.1) is 11.3 Å². The summed E-state index contributed by atoms with van der Waals surface area (Å²) in [4.78, 5) is 42.1. The Morgan fingerprint density at radius 2 is 1.76 bits per heavy atom. The number of nitrogens with one attached hydrogen (secondary N) is 1. The van der Waals surface area contributed by atoms with Crippen molar-refractivity contribution in [2.45, 2.75) is 32.2 Å². The molecule has 37 heavy (non-hydrogen) atoms. The summed E-state index contributed by atoms with van der Waals surface area (Å²) < 4.78 is 13.0. The maximum absolute atomic E-state index is 13.7. The SMILES string of the molecule is COc1ccc(NC(=O)Cn2c(=O)n(-c3ccc(Cl)c(Cl)c3)c(=O)c3c4c(sc32)CCCC4)cc1OC. The third-order valence-corrected chi connectivity index (χ3v) is 8.42. The minimum absolute atomic E-state index is 0.218. The number of carbonyl (C=O) groups is 1. The van der Waals surface area contributed by atoms with E-state index >= 15 is 0 Å². The van der Waals surface area contributed by atoms with Crippen LogP contribution < -0.4 is 26.0 Å². The van der Waals surface area contributed by atoms with Gasteiger partial charge >= 0.3 is 5.69 Å². The van der Waals surface area contributed by atoms with Gasteiger partial charge in [0, 0.05) is 16.6 Å². The molecule has 0 saturated carbocycles. The molecule has 1 aliphatic rings. The molecule has 2 heterocycles. The summed E-state index contributed by atoms with van der Waals surface area (Å²) >= 11 is 13.7. The number of rotatable bonds is 6. The van der Waals surface area contributed by atoms with E-state index < -0.39 is 17.2 Å². The highest BCUT2D eigenvalue weighted by atomic mass is 35.5. The average Bonchev–Trinajstić information content (AvgIpc) is 3.28. The molecule has 0 bridgehead atoms. The van der Waals surface area contributed by atoms with Crippen LogP contribution in [0.5, 0.6) is 11.5 Å². The van der Waals surface area contributed by atoms with Gasteiger partial charge in [0.2, 0.25) is 5.91 Å². The van der Waals surface area contributed by atoms with Gasteiger partial charge in [0.25, 0.3) is 5.56 Å². The number of carbonyl (C=O) groups excluding carboxylic acids is 1. The Balaban J connectivity index is 1.63. The van der Waals surface area contributed by atoms with Crippen molar-refractivity contribution in [3.63, 3.8) is 0 Å². The lowest BCUT2D eigenvalue weighted by atomic mass is 9.97. The van der Waals surface area contributed by atoms with Crippen molar-refractivity contribution in [2.24, 2.45) is 0 Å². The zero-order chi connectivity index (χ0) is 26.3. The molecule has 0 radical (unpaired) electrons. The van der Waals surface area contributed by atoms with Crippen LogP contribution in [0.3, 0.4) is 0 Å². The summed E-state index contributed by atoms with van der Waals surface area (Å²) in [5, 5.41) is 3.81. The number of hydrogen-bond donors (Lipinski definition) is 1. The number of benzene rings is 2. The normalized spacial score (nSPS) is 12.9. The van der Waals surface area contributed by atoms with E-state index in [4.69, 9.17) is 32.7 Å². The van der Waals surface area contributed by atoms with E-state index in [1.165, 1.54) is 42.3 Å². The van der Waals surface area contributed by atoms with Gasteiger partial charge in [-0.05, 0) is 61.6 Å². The molecular weight excluding hydrogens is 537 g/mol. The molecule has 0 unspecified atom stereocenters. The fraction of sp³-hybridized carbons (Fsp3) is 0.269. The first-order valence-electron chi connectivity index (χ1n) is 11.6. The van der Waals surface area contributed by atoms with E-state index in [9.17, 15) is 14.4 Å². The summed E-state index contributed by atoms with van der Waals surface area (Å²) in [6.45, 7) is -0.287. The van der Waals surface area contributed by atoms with Gasteiger partial charge in [-0.1, -0.05) is 23.2 Å². The highest BCUT2D eigenvalue weighted by Gasteiger charge is 2.25. The fourth-order valence-electron chi connectivity index (χ4n) is 4.62. The quantitative estimate of drug-likeness (QED) is 0.356. The average molecular weight is 560 g/mol. The zero-order valence-corrected chi connectivity index (χ0v) is 22.4. The number of amides is 1. The second-order valence-electron chi connectivity index (χ2n) is 8.62. The number of hydrogen-bond acceptors (Lipinski definition) is 6. The Hall–Kier alpha value is -3.27. The Morgan fingerprint density at radius 1 is 1.00 bits per heavy atom. The maximum Gasteiger partial charge on any atom is 0.337 e. The standard InChI is InChI=1S/C26H23Cl2N3O5S/c1-35-19-10-7-14(11-20(19)36-2)29-22(32)13-30-25-23(16-5-3-4-6-21(16)37-25)24(33)31(26(30)34)15-8-9-17(27)18(28)12-15/h7-12H,3-6,13H2,1-2H3,(H,29,32). The number of halogens is 2. The fourth-order valence-corrected chi connectivity index (χ4v) is 6.28. The van der Waals surface area contributed by atoms with E-state index in [-0.39, 0.29) is 17.3 Å². The number of anilines is 1. The highest BCUT2D eigenvalue weighted by Crippen LogP contribution is 2.35. The van der Waals surface area contributed by atoms with Crippen LogP contribution in [0, 0.1) is 0 Å². The molecule has 0 atom stereocenters. The molecule has 1 N–H and O–H groups in total. The molecule has 192 valence electrons. The molecule has 2 aromatic heterocycles. The third-order valence-electron chi connectivity index (χ3n) is 6.37. The van der Waals surface area contributed by atoms with Crippen molar-refractivity contribution in [2.75, 3.05) is 19.5 Å². The van der Waals surface area contributed by atoms with Crippen molar-refractivity contribution >= 4 is 56.3 Å². The number of methoxy groups -OCH3 is 2. The number of ether oxygens (including phenoxy) is 2. The Bertz CT molecular complexity index is 1660. The van der Waals surface area contributed by atoms with Gasteiger partial charge in [-0.25, -0.2) is 9.36 Å². The van der Waals surface area contributed by atoms with Gasteiger partial charge in [-0.2, -0.15) is 0 Å². The number of aryl methyl sites for hydroxylation is 2. The lowest BCUT2D eigenvalue weighted by Gasteiger charge is -2.14. The van der Waals surface area contributed by atoms with E-state index in [0.717, 1.165) is 40.7 Å². The number of nitrogens with zero attached hydrogens (tertiary/aromatic N) is 2. The molecular formula is C26H23Cl2N3O5S. The first-order valence-corrected chi connectivity index (χ1v) is 13.2. The lowest BCUT2D eigenvalue weighted by Crippen LogP contribution is -2.40. The molecule has 1 amide bonds. The van der Waals surface area contributed by atoms with Crippen molar-refractivity contribution < 1.29 is 14.3 Å². The molecule has 11 heteroatoms. The topological polar surface area (TPSA) is 91.6 Å². The summed E-state index contributed by atoms with van der Waals surface area (Å²) in [6, 6.07) is 9.57. The molecule has 0 saturated heterocycles. The molecule has 4 aromatic rings. The van der Waals surface area contributed by atoms with E-state index in [2.05, 4.69) is 5.32 Å². The summed E-state index contributed by atoms with van der Waals surface area (Å²) in [5.41, 5.74) is 0.678. The van der Waals surface area contributed by atoms with E-state index in [0.29, 0.717) is 32.4 Å². The summed E-state index contributed by atoms with van der Waals surface area (Å²) in [6.07, 6.45) is 3.57. The van der Waals surface area contributed by atoms with Crippen LogP contribution in [0.25, 0.3) is 15.9 Å². The minimum Gasteiger partial charge on any atom is -0.493 e. The van der Waals surface area contributed by atoms with Crippen molar-refractivity contribution in [3.05, 3.63) is 77.7 Å². The number of aromatic nitrogens is 2. The van der Waals surface area contributed by atoms with Gasteiger partial charge in [0.1, 0.15) is 11.4 Å². The summed E-state index contributed by atoms with van der Waals surface area (Å²) in [7, 11) is 3.03. The highest BCUT2D eigenvalue weighted by molar-refractivity contribution is 7.18. The second-order valence-corrected chi connectivity index (χ2v) is 10.5. The largest absolute Gasteiger partial charge is 0.493 e. The first kappa shape index (κ1) is 25.4. The second kappa shape index (κ2) is 10.2. The zero-order valence-electron chi connectivity index (χ0n) is 20.1. The summed E-state index contributed by atoms with van der Waals surface area (Å²) in [5.74, 6) is 0.552. The van der Waals surface area contributed by atoms with Crippen LogP contribution in [-0.2, 0) is 24.2 Å². The Labute approximate surface area is 226 Å². The van der Waals surface area contributed by atoms with Crippen LogP contribution in [0.15, 0.2) is 46.0 Å². The molecule has 0 spiro atoms. The molecule has 0 aliphatic heterocycles. The van der Waals surface area contributed by atoms with E-state index in [1.807, 2.05) is 0 Å². The van der Waals surface area contributed by atoms with Crippen LogP contribution in [0.1, 0.15) is 23.3 Å². The number of thiophene rings is 1. The number of fused-ring (bicyclic) bond motifs is 3. The predicted octanol–water partition coefficient (Wildman–Crippen LogP) is 5.06. The van der Waals surface area contributed by atoms with Crippen LogP contribution in [-0.4, -0.2) is 29.3 Å². The van der Waals surface area contributed by atoms with E-state index in [1.54, 1.807) is 24.3 Å². The maximum atomic E-state index is 13.7. The molecule has 8 nitrogen and oxygen atoms in total. The minimum atomic E-state index is -0.628. The van der Waals surface area contributed by atoms with Crippen molar-refractivity contribution in [3.8, 4) is 17.2 Å². The van der Waals surface area contributed by atoms with Crippen LogP contribution >= 0.6 is 34.5 Å². The third kappa shape index (κ3) is 4.63. The molecule has 2 aromatic carbocycles. The molecule has 5 rings (SSSR count). The van der Waals surface area contributed by atoms with Gasteiger partial charge in [0.15, 0.2) is 11.5 Å². The van der Waals surface area contributed by atoms with Crippen LogP contribution in [0.4, 0.5) is 5.69 Å². The first-order chi connectivity index (χ1) is 17.8. The molecule has 1 aliphatic carbocycles. The monoisotopic (exact) mass is 559 g/mol. The van der Waals surface area contributed by atoms with Crippen LogP contribution in [0.2, 0.25) is 10.0 Å². The Kier molecular flexibility index (Phi) is 7.02. The lowest BCUT2D eigenvalue weighted by molar-refractivity contribution is -0.116. The van der Waals surface area contributed by atoms with Gasteiger partial charge in [-0.3, -0.25) is 14.2 Å². The van der Waals surface area contributed by atoms with Crippen molar-refractivity contribution in [1.29, 1.82) is 0 Å². The van der Waals surface area contributed by atoms with Crippen molar-refractivity contribution in [1.82, 2.24) is 9.13 Å². The Morgan fingerprint density at radius 3 is 2.49 bits per heavy atom.